The number of aromatic nitrogens is 2. The van der Waals surface area contributed by atoms with Crippen LogP contribution in [0.2, 0.25) is 5.02 Å². The molecule has 2 N–H and O–H groups in total. The number of halogens is 1. The van der Waals surface area contributed by atoms with E-state index in [1.807, 2.05) is 39.0 Å². The van der Waals surface area contributed by atoms with Crippen LogP contribution in [0.3, 0.4) is 0 Å². The molecule has 0 spiro atoms. The molecular formula is C14H16ClN3S. The third-order valence-electron chi connectivity index (χ3n) is 3.11. The van der Waals surface area contributed by atoms with E-state index in [0.717, 1.165) is 27.7 Å². The lowest BCUT2D eigenvalue weighted by Gasteiger charge is -2.09. The van der Waals surface area contributed by atoms with Crippen molar-refractivity contribution >= 4 is 29.1 Å². The van der Waals surface area contributed by atoms with E-state index >= 15 is 0 Å². The van der Waals surface area contributed by atoms with Crippen molar-refractivity contribution in [3.8, 4) is 0 Å². The van der Waals surface area contributed by atoms with E-state index in [-0.39, 0.29) is 0 Å². The summed E-state index contributed by atoms with van der Waals surface area (Å²) in [4.78, 5) is 8.95. The van der Waals surface area contributed by atoms with Gasteiger partial charge >= 0.3 is 0 Å². The molecule has 0 fully saturated rings. The molecule has 19 heavy (non-hydrogen) atoms. The summed E-state index contributed by atoms with van der Waals surface area (Å²) in [7, 11) is 0. The van der Waals surface area contributed by atoms with Crippen molar-refractivity contribution in [2.24, 2.45) is 0 Å². The monoisotopic (exact) mass is 293 g/mol. The maximum atomic E-state index is 6.15. The lowest BCUT2D eigenvalue weighted by Crippen LogP contribution is -1.99. The average molecular weight is 294 g/mol. The summed E-state index contributed by atoms with van der Waals surface area (Å²) in [5.41, 5.74) is 10.8. The lowest BCUT2D eigenvalue weighted by atomic mass is 10.2. The summed E-state index contributed by atoms with van der Waals surface area (Å²) in [6, 6.07) is 5.55. The van der Waals surface area contributed by atoms with Crippen LogP contribution in [0, 0.1) is 20.8 Å². The molecule has 0 aliphatic rings. The van der Waals surface area contributed by atoms with Crippen LogP contribution in [-0.4, -0.2) is 9.97 Å². The number of rotatable bonds is 3. The number of hydrogen-bond acceptors (Lipinski definition) is 4. The second kappa shape index (κ2) is 5.80. The van der Waals surface area contributed by atoms with Crippen LogP contribution in [0.1, 0.15) is 22.5 Å². The molecule has 0 saturated carbocycles. The second-order valence-electron chi connectivity index (χ2n) is 4.40. The number of thioether (sulfide) groups is 1. The molecule has 2 rings (SSSR count). The van der Waals surface area contributed by atoms with Crippen molar-refractivity contribution < 1.29 is 0 Å². The zero-order chi connectivity index (χ0) is 14.0. The van der Waals surface area contributed by atoms with Crippen molar-refractivity contribution in [1.82, 2.24) is 9.97 Å². The largest absolute Gasteiger partial charge is 0.398 e. The minimum atomic E-state index is 0.674. The van der Waals surface area contributed by atoms with Crippen molar-refractivity contribution in [2.45, 2.75) is 31.7 Å². The zero-order valence-corrected chi connectivity index (χ0v) is 12.8. The highest BCUT2D eigenvalue weighted by molar-refractivity contribution is 7.98. The third-order valence-corrected chi connectivity index (χ3v) is 4.34. The SMILES string of the molecule is Cc1nc(SCc2c(N)cccc2Cl)nc(C)c1C. The Morgan fingerprint density at radius 1 is 1.16 bits per heavy atom. The Morgan fingerprint density at radius 2 is 1.79 bits per heavy atom. The van der Waals surface area contributed by atoms with Crippen molar-refractivity contribution in [1.29, 1.82) is 0 Å². The van der Waals surface area contributed by atoms with Crippen LogP contribution < -0.4 is 5.73 Å². The van der Waals surface area contributed by atoms with Crippen molar-refractivity contribution in [3.05, 3.63) is 45.7 Å². The first kappa shape index (κ1) is 14.2. The van der Waals surface area contributed by atoms with Gasteiger partial charge in [0.1, 0.15) is 0 Å². The van der Waals surface area contributed by atoms with Gasteiger partial charge in [0, 0.05) is 33.4 Å². The van der Waals surface area contributed by atoms with Crippen LogP contribution in [0.15, 0.2) is 23.4 Å². The van der Waals surface area contributed by atoms with Gasteiger partial charge in [-0.3, -0.25) is 0 Å². The molecule has 100 valence electrons. The van der Waals surface area contributed by atoms with Gasteiger partial charge in [0.2, 0.25) is 0 Å². The molecule has 1 aromatic carbocycles. The summed E-state index contributed by atoms with van der Waals surface area (Å²) in [6.07, 6.45) is 0. The van der Waals surface area contributed by atoms with Gasteiger partial charge in [0.25, 0.3) is 0 Å². The van der Waals surface area contributed by atoms with Gasteiger partial charge < -0.3 is 5.73 Å². The van der Waals surface area contributed by atoms with Crippen LogP contribution >= 0.6 is 23.4 Å². The molecule has 0 saturated heterocycles. The van der Waals surface area contributed by atoms with Gasteiger partial charge in [0.15, 0.2) is 5.16 Å². The van der Waals surface area contributed by atoms with E-state index in [0.29, 0.717) is 16.5 Å². The zero-order valence-electron chi connectivity index (χ0n) is 11.2. The fourth-order valence-electron chi connectivity index (χ4n) is 1.67. The smallest absolute Gasteiger partial charge is 0.188 e. The molecule has 0 aliphatic carbocycles. The quantitative estimate of drug-likeness (QED) is 0.529. The molecule has 1 heterocycles. The van der Waals surface area contributed by atoms with Crippen LogP contribution in [0.5, 0.6) is 0 Å². The first-order chi connectivity index (χ1) is 8.99. The molecule has 0 bridgehead atoms. The van der Waals surface area contributed by atoms with Gasteiger partial charge in [-0.2, -0.15) is 0 Å². The molecule has 0 unspecified atom stereocenters. The van der Waals surface area contributed by atoms with E-state index < -0.39 is 0 Å². The standard InChI is InChI=1S/C14H16ClN3S/c1-8-9(2)17-14(18-10(8)3)19-7-11-12(15)5-4-6-13(11)16/h4-6H,7,16H2,1-3H3. The highest BCUT2D eigenvalue weighted by Crippen LogP contribution is 2.29. The Balaban J connectivity index is 2.19. The predicted molar refractivity (Wildman–Crippen MR) is 81.7 cm³/mol. The number of nitrogens with two attached hydrogens (primary N) is 1. The van der Waals surface area contributed by atoms with E-state index in [9.17, 15) is 0 Å². The second-order valence-corrected chi connectivity index (χ2v) is 5.75. The predicted octanol–water partition coefficient (Wildman–Crippen LogP) is 3.93. The van der Waals surface area contributed by atoms with Gasteiger partial charge in [-0.15, -0.1) is 0 Å². The molecule has 0 amide bonds. The highest BCUT2D eigenvalue weighted by atomic mass is 35.5. The Bertz CT molecular complexity index is 570. The van der Waals surface area contributed by atoms with Gasteiger partial charge in [-0.25, -0.2) is 9.97 Å². The van der Waals surface area contributed by atoms with Crippen molar-refractivity contribution in [3.63, 3.8) is 0 Å². The van der Waals surface area contributed by atoms with E-state index in [1.54, 1.807) is 11.8 Å². The molecular weight excluding hydrogens is 278 g/mol. The summed E-state index contributed by atoms with van der Waals surface area (Å²) in [6.45, 7) is 6.03. The van der Waals surface area contributed by atoms with E-state index in [4.69, 9.17) is 17.3 Å². The van der Waals surface area contributed by atoms with E-state index in [2.05, 4.69) is 9.97 Å². The molecule has 3 nitrogen and oxygen atoms in total. The number of anilines is 1. The van der Waals surface area contributed by atoms with Crippen molar-refractivity contribution in [2.75, 3.05) is 5.73 Å². The number of benzene rings is 1. The average Bonchev–Trinajstić information content (AvgIpc) is 2.35. The Hall–Kier alpha value is -1.26. The van der Waals surface area contributed by atoms with Crippen LogP contribution in [0.25, 0.3) is 0 Å². The summed E-state index contributed by atoms with van der Waals surface area (Å²) < 4.78 is 0. The fraction of sp³-hybridized carbons (Fsp3) is 0.286. The van der Waals surface area contributed by atoms with Crippen LogP contribution in [-0.2, 0) is 5.75 Å². The Labute approximate surface area is 122 Å². The maximum Gasteiger partial charge on any atom is 0.188 e. The normalized spacial score (nSPS) is 10.7. The third kappa shape index (κ3) is 3.19. The summed E-state index contributed by atoms with van der Waals surface area (Å²) >= 11 is 7.70. The first-order valence-electron chi connectivity index (χ1n) is 5.96. The van der Waals surface area contributed by atoms with Gasteiger partial charge in [0.05, 0.1) is 0 Å². The minimum absolute atomic E-state index is 0.674. The summed E-state index contributed by atoms with van der Waals surface area (Å²) in [5.74, 6) is 0.674. The fourth-order valence-corrected chi connectivity index (χ4v) is 3.00. The molecule has 5 heteroatoms. The molecule has 0 atom stereocenters. The lowest BCUT2D eigenvalue weighted by molar-refractivity contribution is 0.880. The topological polar surface area (TPSA) is 51.8 Å². The van der Waals surface area contributed by atoms with Gasteiger partial charge in [-0.05, 0) is 38.5 Å². The first-order valence-corrected chi connectivity index (χ1v) is 7.33. The number of nitrogen functional groups attached to an aromatic ring is 1. The van der Waals surface area contributed by atoms with Gasteiger partial charge in [-0.1, -0.05) is 29.4 Å². The molecule has 1 aromatic heterocycles. The maximum absolute atomic E-state index is 6.15. The number of hydrogen-bond donors (Lipinski definition) is 1. The highest BCUT2D eigenvalue weighted by Gasteiger charge is 2.09. The number of aryl methyl sites for hydroxylation is 2. The Kier molecular flexibility index (Phi) is 4.32. The number of nitrogens with zero attached hydrogens (tertiary/aromatic N) is 2. The van der Waals surface area contributed by atoms with Crippen LogP contribution in [0.4, 0.5) is 5.69 Å². The molecule has 0 aliphatic heterocycles. The minimum Gasteiger partial charge on any atom is -0.398 e. The molecule has 0 radical (unpaired) electrons. The summed E-state index contributed by atoms with van der Waals surface area (Å²) in [5, 5.41) is 1.45. The van der Waals surface area contributed by atoms with E-state index in [1.165, 1.54) is 0 Å². The Morgan fingerprint density at radius 3 is 2.37 bits per heavy atom. The molecule has 2 aromatic rings.